The van der Waals surface area contributed by atoms with E-state index in [0.717, 1.165) is 37.9 Å². The molecule has 1 aliphatic rings. The third kappa shape index (κ3) is 2.52. The number of allylic oxidation sites excluding steroid dienone is 1. The number of rotatable bonds is 1. The van der Waals surface area contributed by atoms with E-state index in [-0.39, 0.29) is 5.78 Å². The predicted octanol–water partition coefficient (Wildman–Crippen LogP) is 0.889. The molecule has 12 heavy (non-hydrogen) atoms. The molecule has 0 saturated carbocycles. The van der Waals surface area contributed by atoms with Crippen LogP contribution in [0.4, 0.5) is 0 Å². The van der Waals surface area contributed by atoms with Gasteiger partial charge in [0.2, 0.25) is 5.78 Å². The maximum Gasteiger partial charge on any atom is 0.231 e. The van der Waals surface area contributed by atoms with Crippen LogP contribution >= 0.6 is 0 Å². The van der Waals surface area contributed by atoms with Crippen molar-refractivity contribution in [3.63, 3.8) is 0 Å². The fourth-order valence-electron chi connectivity index (χ4n) is 1.28. The number of Topliss-reactive ketones (excluding diaryl/α,β-unsaturated/α-hetero) is 1. The molecule has 0 unspecified atom stereocenters. The van der Waals surface area contributed by atoms with Gasteiger partial charge in [-0.2, -0.15) is 0 Å². The van der Waals surface area contributed by atoms with Gasteiger partial charge >= 0.3 is 0 Å². The van der Waals surface area contributed by atoms with Crippen molar-refractivity contribution in [2.24, 2.45) is 0 Å². The molecule has 2 heteroatoms. The van der Waals surface area contributed by atoms with E-state index in [1.165, 1.54) is 0 Å². The number of terminal acetylenes is 1. The summed E-state index contributed by atoms with van der Waals surface area (Å²) in [4.78, 5) is 11.1. The Bertz CT molecular complexity index is 235. The lowest BCUT2D eigenvalue weighted by atomic mass is 10.0. The minimum absolute atomic E-state index is 0.142. The number of carbonyl (C=O) groups is 1. The zero-order valence-electron chi connectivity index (χ0n) is 7.10. The smallest absolute Gasteiger partial charge is 0.231 e. The Kier molecular flexibility index (Phi) is 3.56. The lowest BCUT2D eigenvalue weighted by Gasteiger charge is -2.08. The van der Waals surface area contributed by atoms with E-state index in [0.29, 0.717) is 0 Å². The molecule has 0 saturated heterocycles. The van der Waals surface area contributed by atoms with Crippen molar-refractivity contribution >= 4 is 5.78 Å². The Morgan fingerprint density at radius 2 is 2.42 bits per heavy atom. The number of ketones is 1. The third-order valence-corrected chi connectivity index (χ3v) is 1.93. The molecule has 0 radical (unpaired) electrons. The minimum Gasteiger partial charge on any atom is -0.316 e. The zero-order valence-corrected chi connectivity index (χ0v) is 7.10. The van der Waals surface area contributed by atoms with Crippen LogP contribution in [0.5, 0.6) is 0 Å². The van der Waals surface area contributed by atoms with Crippen LogP contribution in [-0.4, -0.2) is 18.9 Å². The molecular formula is C10H13NO. The van der Waals surface area contributed by atoms with Gasteiger partial charge in [-0.05, 0) is 38.3 Å². The average Bonchev–Trinajstić information content (AvgIpc) is 2.02. The summed E-state index contributed by atoms with van der Waals surface area (Å²) in [5.41, 5.74) is 0.819. The molecular weight excluding hydrogens is 150 g/mol. The van der Waals surface area contributed by atoms with Gasteiger partial charge < -0.3 is 5.32 Å². The molecule has 0 amide bonds. The van der Waals surface area contributed by atoms with E-state index in [4.69, 9.17) is 6.42 Å². The molecule has 1 N–H and O–H groups in total. The van der Waals surface area contributed by atoms with Gasteiger partial charge in [0.1, 0.15) is 0 Å². The van der Waals surface area contributed by atoms with Crippen LogP contribution in [0.1, 0.15) is 19.3 Å². The first-order valence-corrected chi connectivity index (χ1v) is 4.25. The van der Waals surface area contributed by atoms with Gasteiger partial charge in [-0.15, -0.1) is 6.42 Å². The van der Waals surface area contributed by atoms with Gasteiger partial charge in [0.05, 0.1) is 0 Å². The summed E-state index contributed by atoms with van der Waals surface area (Å²) in [6, 6.07) is 0. The van der Waals surface area contributed by atoms with E-state index in [2.05, 4.69) is 11.2 Å². The van der Waals surface area contributed by atoms with Crippen molar-refractivity contribution in [3.05, 3.63) is 11.6 Å². The van der Waals surface area contributed by atoms with Gasteiger partial charge in [-0.3, -0.25) is 4.79 Å². The summed E-state index contributed by atoms with van der Waals surface area (Å²) >= 11 is 0. The summed E-state index contributed by atoms with van der Waals surface area (Å²) in [6.07, 6.45) is 9.71. The summed E-state index contributed by atoms with van der Waals surface area (Å²) < 4.78 is 0. The first-order valence-electron chi connectivity index (χ1n) is 4.25. The Labute approximate surface area is 73.0 Å². The normalized spacial score (nSPS) is 22.8. The maximum absolute atomic E-state index is 11.1. The maximum atomic E-state index is 11.1. The highest BCUT2D eigenvalue weighted by molar-refractivity contribution is 6.08. The number of hydrogen-bond donors (Lipinski definition) is 1. The summed E-state index contributed by atoms with van der Waals surface area (Å²) in [7, 11) is 0. The lowest BCUT2D eigenvalue weighted by Crippen LogP contribution is -2.19. The van der Waals surface area contributed by atoms with Crippen LogP contribution in [0.25, 0.3) is 0 Å². The molecule has 0 aliphatic carbocycles. The molecule has 1 rings (SSSR count). The molecule has 1 heterocycles. The van der Waals surface area contributed by atoms with E-state index in [1.807, 2.05) is 6.08 Å². The minimum atomic E-state index is -0.142. The Hall–Kier alpha value is -1.07. The Morgan fingerprint density at radius 3 is 3.17 bits per heavy atom. The highest BCUT2D eigenvalue weighted by Gasteiger charge is 2.06. The first kappa shape index (κ1) is 9.02. The molecule has 0 spiro atoms. The second-order valence-corrected chi connectivity index (χ2v) is 2.85. The number of carbonyl (C=O) groups excluding carboxylic acids is 1. The third-order valence-electron chi connectivity index (χ3n) is 1.93. The molecule has 0 bridgehead atoms. The van der Waals surface area contributed by atoms with Crippen molar-refractivity contribution in [1.29, 1.82) is 0 Å². The molecule has 0 fully saturated rings. The van der Waals surface area contributed by atoms with Gasteiger partial charge in [0, 0.05) is 5.57 Å². The van der Waals surface area contributed by atoms with Crippen LogP contribution in [0, 0.1) is 12.3 Å². The fraction of sp³-hybridized carbons (Fsp3) is 0.500. The quantitative estimate of drug-likeness (QED) is 0.459. The van der Waals surface area contributed by atoms with Crippen molar-refractivity contribution in [1.82, 2.24) is 5.32 Å². The van der Waals surface area contributed by atoms with Crippen molar-refractivity contribution < 1.29 is 4.79 Å². The highest BCUT2D eigenvalue weighted by atomic mass is 16.1. The summed E-state index contributed by atoms with van der Waals surface area (Å²) in [5, 5.41) is 3.26. The van der Waals surface area contributed by atoms with E-state index < -0.39 is 0 Å². The molecule has 2 nitrogen and oxygen atoms in total. The summed E-state index contributed by atoms with van der Waals surface area (Å²) in [5.74, 6) is 2.01. The molecule has 0 aromatic carbocycles. The van der Waals surface area contributed by atoms with Gasteiger partial charge in [0.25, 0.3) is 0 Å². The fourth-order valence-corrected chi connectivity index (χ4v) is 1.28. The molecule has 1 aliphatic heterocycles. The van der Waals surface area contributed by atoms with Gasteiger partial charge in [-0.1, -0.05) is 6.08 Å². The lowest BCUT2D eigenvalue weighted by molar-refractivity contribution is -0.110. The van der Waals surface area contributed by atoms with E-state index in [9.17, 15) is 4.79 Å². The molecule has 0 aromatic heterocycles. The number of nitrogens with one attached hydrogen (secondary N) is 1. The van der Waals surface area contributed by atoms with Crippen LogP contribution in [0.2, 0.25) is 0 Å². The monoisotopic (exact) mass is 163 g/mol. The zero-order chi connectivity index (χ0) is 8.81. The van der Waals surface area contributed by atoms with E-state index >= 15 is 0 Å². The van der Waals surface area contributed by atoms with Crippen molar-refractivity contribution in [2.75, 3.05) is 13.1 Å². The number of hydrogen-bond acceptors (Lipinski definition) is 2. The average molecular weight is 163 g/mol. The first-order chi connectivity index (χ1) is 5.84. The topological polar surface area (TPSA) is 29.1 Å². The predicted molar refractivity (Wildman–Crippen MR) is 48.6 cm³/mol. The second-order valence-electron chi connectivity index (χ2n) is 2.85. The standard InChI is InChI=1S/C10H13NO/c1-2-10(12)9-5-3-7-11-8-4-6-9/h1,5,11H,3-4,6-8H2/b9-5-. The Balaban J connectivity index is 2.60. The van der Waals surface area contributed by atoms with Gasteiger partial charge in [-0.25, -0.2) is 0 Å². The Morgan fingerprint density at radius 1 is 1.58 bits per heavy atom. The summed E-state index contributed by atoms with van der Waals surface area (Å²) in [6.45, 7) is 1.93. The molecule has 0 aromatic rings. The van der Waals surface area contributed by atoms with Crippen molar-refractivity contribution in [3.8, 4) is 12.3 Å². The van der Waals surface area contributed by atoms with Gasteiger partial charge in [0.15, 0.2) is 0 Å². The second kappa shape index (κ2) is 4.74. The molecule has 64 valence electrons. The largest absolute Gasteiger partial charge is 0.316 e. The van der Waals surface area contributed by atoms with Crippen molar-refractivity contribution in [2.45, 2.75) is 19.3 Å². The van der Waals surface area contributed by atoms with Crippen LogP contribution in [-0.2, 0) is 4.79 Å². The SMILES string of the molecule is C#CC(=O)/C1=C\CCNCCC1. The van der Waals surface area contributed by atoms with Crippen LogP contribution in [0.15, 0.2) is 11.6 Å². The van der Waals surface area contributed by atoms with Crippen LogP contribution in [0.3, 0.4) is 0 Å². The van der Waals surface area contributed by atoms with E-state index in [1.54, 1.807) is 0 Å². The highest BCUT2D eigenvalue weighted by Crippen LogP contribution is 2.08. The van der Waals surface area contributed by atoms with Crippen LogP contribution < -0.4 is 5.32 Å². The molecule has 0 atom stereocenters.